The maximum absolute atomic E-state index is 12.6. The Morgan fingerprint density at radius 2 is 1.44 bits per heavy atom. The van der Waals surface area contributed by atoms with E-state index in [1.54, 1.807) is 0 Å². The molecular formula is C19H26O13. The van der Waals surface area contributed by atoms with Gasteiger partial charge in [0.1, 0.15) is 0 Å². The molecule has 0 N–H and O–H groups in total. The van der Waals surface area contributed by atoms with Crippen LogP contribution in [0, 0.1) is 0 Å². The van der Waals surface area contributed by atoms with Crippen LogP contribution in [0.5, 0.6) is 0 Å². The van der Waals surface area contributed by atoms with Crippen LogP contribution in [0.4, 0.5) is 0 Å². The predicted octanol–water partition coefficient (Wildman–Crippen LogP) is -0.624. The van der Waals surface area contributed by atoms with E-state index in [0.29, 0.717) is 0 Å². The number of hydrogen-bond donors (Lipinski definition) is 0. The van der Waals surface area contributed by atoms with Gasteiger partial charge in [-0.25, -0.2) is 4.79 Å². The molecule has 13 nitrogen and oxygen atoms in total. The van der Waals surface area contributed by atoms with Gasteiger partial charge in [0.2, 0.25) is 30.4 Å². The number of esters is 5. The Bertz CT molecular complexity index is 742. The van der Waals surface area contributed by atoms with Gasteiger partial charge in [-0.3, -0.25) is 19.2 Å². The Morgan fingerprint density at radius 3 is 1.91 bits per heavy atom. The fourth-order valence-electron chi connectivity index (χ4n) is 3.44. The third-order valence-electron chi connectivity index (χ3n) is 4.34. The van der Waals surface area contributed by atoms with Gasteiger partial charge in [-0.2, -0.15) is 0 Å². The van der Waals surface area contributed by atoms with Crippen molar-refractivity contribution in [3.63, 3.8) is 0 Å². The molecule has 0 radical (unpaired) electrons. The largest absolute Gasteiger partial charge is 0.463 e. The number of ether oxygens (including phenoxy) is 8. The van der Waals surface area contributed by atoms with Crippen LogP contribution in [0.15, 0.2) is 0 Å². The van der Waals surface area contributed by atoms with E-state index in [4.69, 9.17) is 37.9 Å². The smallest absolute Gasteiger partial charge is 0.350 e. The van der Waals surface area contributed by atoms with Crippen molar-refractivity contribution in [2.75, 3.05) is 19.8 Å². The first-order chi connectivity index (χ1) is 15.0. The van der Waals surface area contributed by atoms with Crippen LogP contribution >= 0.6 is 0 Å². The van der Waals surface area contributed by atoms with E-state index in [1.807, 2.05) is 0 Å². The molecule has 0 unspecified atom stereocenters. The van der Waals surface area contributed by atoms with Crippen molar-refractivity contribution >= 4 is 29.8 Å². The summed E-state index contributed by atoms with van der Waals surface area (Å²) in [4.78, 5) is 59.7. The van der Waals surface area contributed by atoms with Crippen molar-refractivity contribution in [1.82, 2.24) is 0 Å². The number of hydrogen-bond acceptors (Lipinski definition) is 13. The first kappa shape index (κ1) is 25.5. The Kier molecular flexibility index (Phi) is 8.52. The maximum atomic E-state index is 12.6. The maximum Gasteiger partial charge on any atom is 0.350 e. The lowest BCUT2D eigenvalue weighted by Crippen LogP contribution is -2.72. The average Bonchev–Trinajstić information content (AvgIpc) is 3.14. The number of rotatable bonds is 7. The van der Waals surface area contributed by atoms with Gasteiger partial charge >= 0.3 is 29.8 Å². The van der Waals surface area contributed by atoms with Crippen LogP contribution in [-0.4, -0.2) is 86.2 Å². The summed E-state index contributed by atoms with van der Waals surface area (Å²) in [7, 11) is 0. The summed E-state index contributed by atoms with van der Waals surface area (Å²) < 4.78 is 43.0. The molecule has 2 heterocycles. The standard InChI is InChI=1S/C19H26O13/c1-6-25-17(24)13(28-9(2)20)15-19(26-7-8-27-19)16(30-11(4)22)14(29-10(3)21)18(32-15)31-12(5)23/h13-16,18H,6-8H2,1-5H3/t13-,14-,15-,16-,18-/m0/s1. The summed E-state index contributed by atoms with van der Waals surface area (Å²) in [5.41, 5.74) is 0. The van der Waals surface area contributed by atoms with Gasteiger partial charge < -0.3 is 37.9 Å². The van der Waals surface area contributed by atoms with E-state index in [0.717, 1.165) is 27.7 Å². The zero-order chi connectivity index (χ0) is 24.1. The third kappa shape index (κ3) is 5.72. The lowest BCUT2D eigenvalue weighted by molar-refractivity contribution is -0.383. The molecule has 0 bridgehead atoms. The fraction of sp³-hybridized carbons (Fsp3) is 0.737. The molecule has 2 fully saturated rings. The molecular weight excluding hydrogens is 436 g/mol. The van der Waals surface area contributed by atoms with Crippen LogP contribution in [0.2, 0.25) is 0 Å². The molecule has 2 aliphatic heterocycles. The summed E-state index contributed by atoms with van der Waals surface area (Å²) in [6.45, 7) is 5.67. The molecule has 180 valence electrons. The topological polar surface area (TPSA) is 159 Å². The lowest BCUT2D eigenvalue weighted by Gasteiger charge is -2.49. The highest BCUT2D eigenvalue weighted by Gasteiger charge is 2.68. The average molecular weight is 462 g/mol. The first-order valence-corrected chi connectivity index (χ1v) is 9.80. The Hall–Kier alpha value is -2.77. The summed E-state index contributed by atoms with van der Waals surface area (Å²) >= 11 is 0. The van der Waals surface area contributed by atoms with Crippen LogP contribution in [-0.2, 0) is 61.9 Å². The summed E-state index contributed by atoms with van der Waals surface area (Å²) in [6, 6.07) is 0. The zero-order valence-electron chi connectivity index (χ0n) is 18.3. The third-order valence-corrected chi connectivity index (χ3v) is 4.34. The van der Waals surface area contributed by atoms with E-state index >= 15 is 0 Å². The van der Waals surface area contributed by atoms with Crippen molar-refractivity contribution in [3.05, 3.63) is 0 Å². The highest BCUT2D eigenvalue weighted by molar-refractivity contribution is 5.79. The molecule has 2 saturated heterocycles. The zero-order valence-corrected chi connectivity index (χ0v) is 18.3. The SMILES string of the molecule is CCOC(=O)[C@@H](OC(C)=O)[C@@H]1O[C@H](OC(C)=O)[C@@H](OC(C)=O)[C@H](OC(C)=O)C12OCCO2. The second-order valence-corrected chi connectivity index (χ2v) is 6.84. The van der Waals surface area contributed by atoms with Gasteiger partial charge in [-0.1, -0.05) is 0 Å². The monoisotopic (exact) mass is 462 g/mol. The molecule has 0 aliphatic carbocycles. The van der Waals surface area contributed by atoms with Crippen molar-refractivity contribution in [2.24, 2.45) is 0 Å². The number of carbonyl (C=O) groups excluding carboxylic acids is 5. The van der Waals surface area contributed by atoms with E-state index in [-0.39, 0.29) is 19.8 Å². The minimum Gasteiger partial charge on any atom is -0.463 e. The molecule has 0 aromatic carbocycles. The summed E-state index contributed by atoms with van der Waals surface area (Å²) in [5, 5.41) is 0. The molecule has 32 heavy (non-hydrogen) atoms. The second-order valence-electron chi connectivity index (χ2n) is 6.84. The highest BCUT2D eigenvalue weighted by atomic mass is 16.8. The minimum absolute atomic E-state index is 0.0295. The van der Waals surface area contributed by atoms with E-state index in [2.05, 4.69) is 0 Å². The lowest BCUT2D eigenvalue weighted by atomic mass is 9.90. The molecule has 0 aromatic heterocycles. The molecule has 5 atom stereocenters. The Labute approximate surface area is 183 Å². The fourth-order valence-corrected chi connectivity index (χ4v) is 3.44. The van der Waals surface area contributed by atoms with Gasteiger partial charge in [0.25, 0.3) is 0 Å². The Balaban J connectivity index is 2.62. The summed E-state index contributed by atoms with van der Waals surface area (Å²) in [6.07, 6.45) is -8.16. The molecule has 13 heteroatoms. The molecule has 2 aliphatic rings. The van der Waals surface area contributed by atoms with Crippen molar-refractivity contribution in [3.8, 4) is 0 Å². The quantitative estimate of drug-likeness (QED) is 0.348. The van der Waals surface area contributed by atoms with Crippen molar-refractivity contribution < 1.29 is 61.9 Å². The van der Waals surface area contributed by atoms with Gasteiger partial charge in [-0.15, -0.1) is 0 Å². The van der Waals surface area contributed by atoms with E-state index in [9.17, 15) is 24.0 Å². The van der Waals surface area contributed by atoms with Gasteiger partial charge in [0, 0.05) is 27.7 Å². The minimum atomic E-state index is -2.06. The molecule has 1 spiro atoms. The van der Waals surface area contributed by atoms with E-state index in [1.165, 1.54) is 6.92 Å². The van der Waals surface area contributed by atoms with Gasteiger partial charge in [-0.05, 0) is 6.92 Å². The van der Waals surface area contributed by atoms with Crippen LogP contribution in [0.25, 0.3) is 0 Å². The van der Waals surface area contributed by atoms with Crippen molar-refractivity contribution in [2.45, 2.75) is 71.1 Å². The predicted molar refractivity (Wildman–Crippen MR) is 98.4 cm³/mol. The normalized spacial score (nSPS) is 27.2. The highest BCUT2D eigenvalue weighted by Crippen LogP contribution is 2.42. The molecule has 0 amide bonds. The van der Waals surface area contributed by atoms with E-state index < -0.39 is 66.3 Å². The molecule has 2 rings (SSSR count). The Morgan fingerprint density at radius 1 is 0.875 bits per heavy atom. The van der Waals surface area contributed by atoms with Crippen LogP contribution in [0.1, 0.15) is 34.6 Å². The van der Waals surface area contributed by atoms with Crippen molar-refractivity contribution in [1.29, 1.82) is 0 Å². The number of carbonyl (C=O) groups is 5. The summed E-state index contributed by atoms with van der Waals surface area (Å²) in [5.74, 6) is -6.42. The molecule has 0 saturated carbocycles. The van der Waals surface area contributed by atoms with Gasteiger partial charge in [0.15, 0.2) is 6.10 Å². The van der Waals surface area contributed by atoms with Crippen LogP contribution < -0.4 is 0 Å². The second kappa shape index (κ2) is 10.7. The van der Waals surface area contributed by atoms with Crippen LogP contribution in [0.3, 0.4) is 0 Å². The first-order valence-electron chi connectivity index (χ1n) is 9.80. The molecule has 0 aromatic rings. The van der Waals surface area contributed by atoms with Gasteiger partial charge in [0.05, 0.1) is 19.8 Å².